The molecule has 6 rings (SSSR count). The smallest absolute Gasteiger partial charge is 0.309 e. The Morgan fingerprint density at radius 3 is 2.35 bits per heavy atom. The third-order valence-corrected chi connectivity index (χ3v) is 9.57. The molecular formula is C40H40FN3O3S. The van der Waals surface area contributed by atoms with Gasteiger partial charge in [-0.05, 0) is 55.8 Å². The molecule has 3 aromatic carbocycles. The van der Waals surface area contributed by atoms with E-state index in [1.54, 1.807) is 37.9 Å². The van der Waals surface area contributed by atoms with Gasteiger partial charge in [0.2, 0.25) is 0 Å². The number of rotatable bonds is 11. The molecule has 246 valence electrons. The first kappa shape index (κ1) is 33.2. The van der Waals surface area contributed by atoms with E-state index in [1.807, 2.05) is 54.6 Å². The topological polar surface area (TPSA) is 77.2 Å². The van der Waals surface area contributed by atoms with E-state index in [2.05, 4.69) is 60.7 Å². The molecule has 0 unspecified atom stereocenters. The number of para-hydroxylation sites is 1. The number of aromatic nitrogens is 3. The number of alkyl halides is 1. The van der Waals surface area contributed by atoms with Crippen LogP contribution in [0.3, 0.4) is 0 Å². The zero-order valence-electron chi connectivity index (χ0n) is 28.0. The number of hydrogen-bond donors (Lipinski definition) is 1. The van der Waals surface area contributed by atoms with Crippen LogP contribution in [0.4, 0.5) is 4.39 Å². The molecule has 48 heavy (non-hydrogen) atoms. The zero-order valence-corrected chi connectivity index (χ0v) is 28.8. The van der Waals surface area contributed by atoms with Crippen LogP contribution in [0, 0.1) is 5.41 Å². The highest BCUT2D eigenvalue weighted by molar-refractivity contribution is 8.00. The number of carboxylic acid groups (broad SMARTS) is 1. The molecule has 0 amide bonds. The maximum Gasteiger partial charge on any atom is 0.309 e. The van der Waals surface area contributed by atoms with Gasteiger partial charge in [0.05, 0.1) is 22.3 Å². The molecule has 0 bridgehead atoms. The van der Waals surface area contributed by atoms with Gasteiger partial charge >= 0.3 is 5.97 Å². The number of carboxylic acids is 1. The largest absolute Gasteiger partial charge is 0.487 e. The monoisotopic (exact) mass is 661 g/mol. The van der Waals surface area contributed by atoms with E-state index < -0.39 is 18.1 Å². The summed E-state index contributed by atoms with van der Waals surface area (Å²) in [5.41, 5.74) is 6.14. The first-order valence-electron chi connectivity index (χ1n) is 16.1. The van der Waals surface area contributed by atoms with E-state index >= 15 is 0 Å². The van der Waals surface area contributed by atoms with Gasteiger partial charge in [0.25, 0.3) is 0 Å². The van der Waals surface area contributed by atoms with Gasteiger partial charge in [-0.15, -0.1) is 11.8 Å². The Labute approximate surface area is 285 Å². The van der Waals surface area contributed by atoms with E-state index in [-0.39, 0.29) is 4.75 Å². The van der Waals surface area contributed by atoms with Crippen molar-refractivity contribution in [2.24, 2.45) is 5.41 Å². The lowest BCUT2D eigenvalue weighted by Crippen LogP contribution is -2.28. The van der Waals surface area contributed by atoms with Gasteiger partial charge in [-0.2, -0.15) is 0 Å². The van der Waals surface area contributed by atoms with Crippen molar-refractivity contribution in [3.05, 3.63) is 120 Å². The molecule has 0 aliphatic rings. The SMILES string of the molecule is CC(C)(C)Sc1c(CC(C)(C)C(=O)O)n(Cc2ccc(-c3ccc(CF)cn3)cc2)c2ccc(OCc3ccc4ccccc4n3)cc12. The second kappa shape index (κ2) is 13.4. The standard InChI is InChI=1S/C40H40FN3O3S/c1-39(2,3)48-37-32-20-31(47-25-30-16-15-28-8-6-7-9-34(28)43-30)17-19-35(32)44(36(37)21-40(4,5)38(45)46)24-26-10-13-29(14-11-26)33-18-12-27(22-41)23-42-33/h6-20,23H,21-22,24-25H2,1-5H3,(H,45,46). The predicted molar refractivity (Wildman–Crippen MR) is 192 cm³/mol. The summed E-state index contributed by atoms with van der Waals surface area (Å²) in [6, 6.07) is 30.0. The fourth-order valence-corrected chi connectivity index (χ4v) is 6.89. The van der Waals surface area contributed by atoms with Crippen LogP contribution in [0.1, 0.15) is 57.1 Å². The van der Waals surface area contributed by atoms with E-state index in [0.29, 0.717) is 25.1 Å². The summed E-state index contributed by atoms with van der Waals surface area (Å²) in [4.78, 5) is 22.7. The molecular weight excluding hydrogens is 622 g/mol. The lowest BCUT2D eigenvalue weighted by Gasteiger charge is -2.24. The molecule has 0 atom stereocenters. The Morgan fingerprint density at radius 2 is 1.67 bits per heavy atom. The summed E-state index contributed by atoms with van der Waals surface area (Å²) >= 11 is 1.75. The molecule has 0 saturated carbocycles. The first-order valence-corrected chi connectivity index (χ1v) is 16.9. The molecule has 0 fully saturated rings. The van der Waals surface area contributed by atoms with Crippen LogP contribution in [0.2, 0.25) is 0 Å². The summed E-state index contributed by atoms with van der Waals surface area (Å²) < 4.78 is 21.4. The van der Waals surface area contributed by atoms with E-state index in [4.69, 9.17) is 9.72 Å². The number of carbonyl (C=O) groups is 1. The van der Waals surface area contributed by atoms with Crippen LogP contribution in [0.5, 0.6) is 5.75 Å². The van der Waals surface area contributed by atoms with Gasteiger partial charge < -0.3 is 14.4 Å². The number of benzene rings is 3. The fourth-order valence-electron chi connectivity index (χ4n) is 5.70. The van der Waals surface area contributed by atoms with Crippen LogP contribution < -0.4 is 4.74 Å². The van der Waals surface area contributed by atoms with Crippen LogP contribution in [0.25, 0.3) is 33.1 Å². The average Bonchev–Trinajstić information content (AvgIpc) is 3.33. The van der Waals surface area contributed by atoms with Gasteiger partial charge in [-0.25, -0.2) is 9.37 Å². The molecule has 6 aromatic rings. The van der Waals surface area contributed by atoms with E-state index in [1.165, 1.54) is 0 Å². The maximum atomic E-state index is 13.0. The van der Waals surface area contributed by atoms with Gasteiger partial charge in [0, 0.05) is 61.9 Å². The minimum Gasteiger partial charge on any atom is -0.487 e. The number of aliphatic carboxylic acids is 1. The van der Waals surface area contributed by atoms with E-state index in [0.717, 1.165) is 60.7 Å². The average molecular weight is 662 g/mol. The minimum absolute atomic E-state index is 0.126. The summed E-state index contributed by atoms with van der Waals surface area (Å²) in [6.45, 7) is 10.4. The van der Waals surface area contributed by atoms with Crippen molar-refractivity contribution < 1.29 is 19.0 Å². The van der Waals surface area contributed by atoms with Crippen molar-refractivity contribution in [1.29, 1.82) is 0 Å². The number of hydrogen-bond acceptors (Lipinski definition) is 5. The zero-order chi connectivity index (χ0) is 34.1. The molecule has 3 heterocycles. The van der Waals surface area contributed by atoms with Crippen molar-refractivity contribution >= 4 is 39.5 Å². The molecule has 0 aliphatic carbocycles. The van der Waals surface area contributed by atoms with Gasteiger partial charge in [-0.3, -0.25) is 9.78 Å². The Kier molecular flexibility index (Phi) is 9.30. The number of fused-ring (bicyclic) bond motifs is 2. The number of pyridine rings is 2. The number of nitrogens with zero attached hydrogens (tertiary/aromatic N) is 3. The Hall–Kier alpha value is -4.69. The van der Waals surface area contributed by atoms with Crippen molar-refractivity contribution in [2.75, 3.05) is 0 Å². The van der Waals surface area contributed by atoms with E-state index in [9.17, 15) is 14.3 Å². The number of ether oxygens (including phenoxy) is 1. The quantitative estimate of drug-likeness (QED) is 0.139. The minimum atomic E-state index is -0.984. The van der Waals surface area contributed by atoms with Crippen LogP contribution in [0.15, 0.2) is 102 Å². The van der Waals surface area contributed by atoms with Crippen LogP contribution >= 0.6 is 11.8 Å². The molecule has 8 heteroatoms. The molecule has 0 spiro atoms. The van der Waals surface area contributed by atoms with Crippen molar-refractivity contribution in [2.45, 2.75) is 70.5 Å². The number of thioether (sulfide) groups is 1. The fraction of sp³-hybridized carbons (Fsp3) is 0.275. The second-order valence-electron chi connectivity index (χ2n) is 13.8. The van der Waals surface area contributed by atoms with Crippen molar-refractivity contribution in [3.63, 3.8) is 0 Å². The van der Waals surface area contributed by atoms with Crippen LogP contribution in [-0.4, -0.2) is 30.4 Å². The molecule has 3 aromatic heterocycles. The normalized spacial score (nSPS) is 12.1. The lowest BCUT2D eigenvalue weighted by atomic mass is 9.88. The van der Waals surface area contributed by atoms with Gasteiger partial charge in [0.15, 0.2) is 0 Å². The second-order valence-corrected chi connectivity index (χ2v) is 15.6. The Morgan fingerprint density at radius 1 is 0.917 bits per heavy atom. The Balaban J connectivity index is 1.38. The summed E-state index contributed by atoms with van der Waals surface area (Å²) in [6.07, 6.45) is 1.92. The lowest BCUT2D eigenvalue weighted by molar-refractivity contribution is -0.146. The Bertz CT molecular complexity index is 2080. The molecule has 6 nitrogen and oxygen atoms in total. The third kappa shape index (κ3) is 7.39. The highest BCUT2D eigenvalue weighted by atomic mass is 32.2. The summed E-state index contributed by atoms with van der Waals surface area (Å²) in [5, 5.41) is 12.3. The molecule has 0 saturated heterocycles. The summed E-state index contributed by atoms with van der Waals surface area (Å²) in [7, 11) is 0. The molecule has 0 aliphatic heterocycles. The van der Waals surface area contributed by atoms with Gasteiger partial charge in [-0.1, -0.05) is 75.4 Å². The third-order valence-electron chi connectivity index (χ3n) is 8.30. The highest BCUT2D eigenvalue weighted by Gasteiger charge is 2.33. The van der Waals surface area contributed by atoms with Gasteiger partial charge in [0.1, 0.15) is 19.0 Å². The van der Waals surface area contributed by atoms with Crippen LogP contribution in [-0.2, 0) is 31.0 Å². The number of halogens is 1. The summed E-state index contributed by atoms with van der Waals surface area (Å²) in [5.74, 6) is -0.112. The highest BCUT2D eigenvalue weighted by Crippen LogP contribution is 2.44. The van der Waals surface area contributed by atoms with Crippen molar-refractivity contribution in [3.8, 4) is 17.0 Å². The molecule has 1 N–H and O–H groups in total. The predicted octanol–water partition coefficient (Wildman–Crippen LogP) is 9.89. The maximum absolute atomic E-state index is 13.0. The van der Waals surface area contributed by atoms with Crippen molar-refractivity contribution in [1.82, 2.24) is 14.5 Å². The first-order chi connectivity index (χ1) is 22.9. The molecule has 0 radical (unpaired) electrons.